The highest BCUT2D eigenvalue weighted by atomic mass is 32.2. The second-order valence-electron chi connectivity index (χ2n) is 5.00. The van der Waals surface area contributed by atoms with E-state index in [1.165, 1.54) is 11.8 Å². The van der Waals surface area contributed by atoms with Crippen molar-refractivity contribution in [3.8, 4) is 6.07 Å². The minimum Gasteiger partial charge on any atom is -0.373 e. The SMILES string of the molecule is CSc1cccc(NC(C)C(=O)NCC(C)C)c1C#N. The van der Waals surface area contributed by atoms with Gasteiger partial charge in [-0.3, -0.25) is 4.79 Å². The molecule has 0 aliphatic rings. The van der Waals surface area contributed by atoms with Gasteiger partial charge in [-0.05, 0) is 31.2 Å². The summed E-state index contributed by atoms with van der Waals surface area (Å²) in [6.45, 7) is 6.55. The van der Waals surface area contributed by atoms with Crippen LogP contribution in [0.5, 0.6) is 0 Å². The number of nitrogens with one attached hydrogen (secondary N) is 2. The number of benzene rings is 1. The van der Waals surface area contributed by atoms with Gasteiger partial charge in [0, 0.05) is 11.4 Å². The van der Waals surface area contributed by atoms with Gasteiger partial charge in [-0.15, -0.1) is 11.8 Å². The van der Waals surface area contributed by atoms with Crippen LogP contribution in [0.25, 0.3) is 0 Å². The summed E-state index contributed by atoms with van der Waals surface area (Å²) in [6.07, 6.45) is 1.93. The van der Waals surface area contributed by atoms with Crippen molar-refractivity contribution < 1.29 is 4.79 Å². The quantitative estimate of drug-likeness (QED) is 0.791. The Labute approximate surface area is 124 Å². The Hall–Kier alpha value is -1.67. The molecule has 20 heavy (non-hydrogen) atoms. The second kappa shape index (κ2) is 7.81. The third-order valence-electron chi connectivity index (χ3n) is 2.81. The number of hydrogen-bond acceptors (Lipinski definition) is 4. The lowest BCUT2D eigenvalue weighted by molar-refractivity contribution is -0.121. The first-order valence-electron chi connectivity index (χ1n) is 6.61. The smallest absolute Gasteiger partial charge is 0.242 e. The van der Waals surface area contributed by atoms with Gasteiger partial charge in [-0.25, -0.2) is 0 Å². The van der Waals surface area contributed by atoms with E-state index in [4.69, 9.17) is 0 Å². The van der Waals surface area contributed by atoms with Crippen molar-refractivity contribution in [2.75, 3.05) is 18.1 Å². The number of amides is 1. The fraction of sp³-hybridized carbons (Fsp3) is 0.467. The standard InChI is InChI=1S/C15H21N3OS/c1-10(2)9-17-15(19)11(3)18-13-6-5-7-14(20-4)12(13)8-16/h5-7,10-11,18H,9H2,1-4H3,(H,17,19). The van der Waals surface area contributed by atoms with E-state index in [0.717, 1.165) is 4.90 Å². The number of nitrogens with zero attached hydrogens (tertiary/aromatic N) is 1. The molecule has 1 amide bonds. The van der Waals surface area contributed by atoms with Gasteiger partial charge in [0.25, 0.3) is 0 Å². The molecule has 0 heterocycles. The van der Waals surface area contributed by atoms with Gasteiger partial charge in [-0.1, -0.05) is 19.9 Å². The number of thioether (sulfide) groups is 1. The number of anilines is 1. The number of rotatable bonds is 6. The van der Waals surface area contributed by atoms with E-state index in [-0.39, 0.29) is 11.9 Å². The van der Waals surface area contributed by atoms with E-state index in [0.29, 0.717) is 23.7 Å². The molecule has 1 rings (SSSR count). The van der Waals surface area contributed by atoms with E-state index in [2.05, 4.69) is 16.7 Å². The zero-order chi connectivity index (χ0) is 15.1. The summed E-state index contributed by atoms with van der Waals surface area (Å²) in [6, 6.07) is 7.42. The highest BCUT2D eigenvalue weighted by molar-refractivity contribution is 7.98. The molecule has 1 atom stereocenters. The Balaban J connectivity index is 2.78. The number of hydrogen-bond donors (Lipinski definition) is 2. The minimum absolute atomic E-state index is 0.0582. The van der Waals surface area contributed by atoms with Crippen molar-refractivity contribution in [2.45, 2.75) is 31.7 Å². The molecular formula is C15H21N3OS. The Morgan fingerprint density at radius 2 is 2.10 bits per heavy atom. The Bertz CT molecular complexity index is 508. The average Bonchev–Trinajstić information content (AvgIpc) is 2.44. The first-order valence-corrected chi connectivity index (χ1v) is 7.83. The number of carbonyl (C=O) groups excluding carboxylic acids is 1. The largest absolute Gasteiger partial charge is 0.373 e. The lowest BCUT2D eigenvalue weighted by Gasteiger charge is -2.17. The van der Waals surface area contributed by atoms with E-state index < -0.39 is 0 Å². The number of carbonyl (C=O) groups is 1. The van der Waals surface area contributed by atoms with Crippen LogP contribution >= 0.6 is 11.8 Å². The van der Waals surface area contributed by atoms with Gasteiger partial charge < -0.3 is 10.6 Å². The molecule has 0 saturated heterocycles. The van der Waals surface area contributed by atoms with Gasteiger partial charge in [0.1, 0.15) is 12.1 Å². The monoisotopic (exact) mass is 291 g/mol. The topological polar surface area (TPSA) is 64.9 Å². The molecule has 0 aromatic heterocycles. The van der Waals surface area contributed by atoms with E-state index in [9.17, 15) is 10.1 Å². The van der Waals surface area contributed by atoms with Gasteiger partial charge in [-0.2, -0.15) is 5.26 Å². The minimum atomic E-state index is -0.377. The van der Waals surface area contributed by atoms with Crippen molar-refractivity contribution in [3.63, 3.8) is 0 Å². The van der Waals surface area contributed by atoms with Gasteiger partial charge >= 0.3 is 0 Å². The summed E-state index contributed by atoms with van der Waals surface area (Å²) in [7, 11) is 0. The lowest BCUT2D eigenvalue weighted by atomic mass is 10.1. The van der Waals surface area contributed by atoms with Gasteiger partial charge in [0.05, 0.1) is 11.3 Å². The zero-order valence-electron chi connectivity index (χ0n) is 12.4. The fourth-order valence-corrected chi connectivity index (χ4v) is 2.27. The third kappa shape index (κ3) is 4.46. The van der Waals surface area contributed by atoms with E-state index in [1.807, 2.05) is 38.3 Å². The maximum atomic E-state index is 11.9. The molecule has 0 radical (unpaired) electrons. The predicted octanol–water partition coefficient (Wildman–Crippen LogP) is 2.85. The molecular weight excluding hydrogens is 270 g/mol. The van der Waals surface area contributed by atoms with E-state index in [1.54, 1.807) is 6.92 Å². The first-order chi connectivity index (χ1) is 9.49. The van der Waals surface area contributed by atoms with Crippen LogP contribution in [0.3, 0.4) is 0 Å². The number of nitriles is 1. The third-order valence-corrected chi connectivity index (χ3v) is 3.59. The molecule has 0 bridgehead atoms. The van der Waals surface area contributed by atoms with Crippen LogP contribution in [-0.2, 0) is 4.79 Å². The zero-order valence-corrected chi connectivity index (χ0v) is 13.2. The molecule has 1 aromatic rings. The van der Waals surface area contributed by atoms with Crippen molar-refractivity contribution >= 4 is 23.4 Å². The maximum absolute atomic E-state index is 11.9. The highest BCUT2D eigenvalue weighted by Crippen LogP contribution is 2.26. The van der Waals surface area contributed by atoms with E-state index >= 15 is 0 Å². The highest BCUT2D eigenvalue weighted by Gasteiger charge is 2.15. The molecule has 5 heteroatoms. The van der Waals surface area contributed by atoms with Crippen LogP contribution in [0.4, 0.5) is 5.69 Å². The fourth-order valence-electron chi connectivity index (χ4n) is 1.69. The van der Waals surface area contributed by atoms with Crippen molar-refractivity contribution in [1.82, 2.24) is 5.32 Å². The molecule has 0 fully saturated rings. The average molecular weight is 291 g/mol. The Kier molecular flexibility index (Phi) is 6.40. The Morgan fingerprint density at radius 3 is 2.65 bits per heavy atom. The van der Waals surface area contributed by atoms with Crippen LogP contribution in [0.1, 0.15) is 26.3 Å². The molecule has 0 aliphatic carbocycles. The molecule has 108 valence electrons. The normalized spacial score (nSPS) is 11.8. The molecule has 0 saturated carbocycles. The molecule has 4 nitrogen and oxygen atoms in total. The summed E-state index contributed by atoms with van der Waals surface area (Å²) in [5, 5.41) is 15.2. The Morgan fingerprint density at radius 1 is 1.40 bits per heavy atom. The van der Waals surface area contributed by atoms with Crippen LogP contribution in [0, 0.1) is 17.2 Å². The van der Waals surface area contributed by atoms with Crippen LogP contribution in [-0.4, -0.2) is 24.7 Å². The lowest BCUT2D eigenvalue weighted by Crippen LogP contribution is -2.39. The van der Waals surface area contributed by atoms with Crippen molar-refractivity contribution in [3.05, 3.63) is 23.8 Å². The van der Waals surface area contributed by atoms with Crippen LogP contribution < -0.4 is 10.6 Å². The summed E-state index contributed by atoms with van der Waals surface area (Å²) < 4.78 is 0. The predicted molar refractivity (Wildman–Crippen MR) is 83.9 cm³/mol. The molecule has 1 aromatic carbocycles. The molecule has 0 spiro atoms. The summed E-state index contributed by atoms with van der Waals surface area (Å²) in [5.41, 5.74) is 1.29. The second-order valence-corrected chi connectivity index (χ2v) is 5.85. The maximum Gasteiger partial charge on any atom is 0.242 e. The molecule has 0 aliphatic heterocycles. The summed E-state index contributed by atoms with van der Waals surface area (Å²) in [5.74, 6) is 0.359. The van der Waals surface area contributed by atoms with Crippen LogP contribution in [0.2, 0.25) is 0 Å². The summed E-state index contributed by atoms with van der Waals surface area (Å²) in [4.78, 5) is 12.9. The molecule has 1 unspecified atom stereocenters. The van der Waals surface area contributed by atoms with Gasteiger partial charge in [0.2, 0.25) is 5.91 Å². The summed E-state index contributed by atoms with van der Waals surface area (Å²) >= 11 is 1.52. The van der Waals surface area contributed by atoms with Gasteiger partial charge in [0.15, 0.2) is 0 Å². The van der Waals surface area contributed by atoms with Crippen LogP contribution in [0.15, 0.2) is 23.1 Å². The van der Waals surface area contributed by atoms with Crippen molar-refractivity contribution in [1.29, 1.82) is 5.26 Å². The molecule has 2 N–H and O–H groups in total. The van der Waals surface area contributed by atoms with Crippen molar-refractivity contribution in [2.24, 2.45) is 5.92 Å². The first kappa shape index (κ1) is 16.4.